The minimum atomic E-state index is -0.332. The molecule has 1 N–H and O–H groups in total. The van der Waals surface area contributed by atoms with E-state index in [1.54, 1.807) is 12.1 Å². The standard InChI is InChI=1S/C23H26N6O3/c1-2-32-18-7-5-17(6-8-18)19-10-12-22(30)29(27-19)16-13-24-23(31)20-9-11-21(26-25-20)28-14-3-4-15-28/h5-12H,2-4,13-16H2,1H3,(H,24,31). The van der Waals surface area contributed by atoms with E-state index in [4.69, 9.17) is 4.74 Å². The van der Waals surface area contributed by atoms with E-state index in [1.807, 2.05) is 37.3 Å². The zero-order chi connectivity index (χ0) is 22.3. The average Bonchev–Trinajstić information content (AvgIpc) is 3.36. The van der Waals surface area contributed by atoms with Crippen molar-refractivity contribution in [3.05, 3.63) is 64.6 Å². The summed E-state index contributed by atoms with van der Waals surface area (Å²) < 4.78 is 6.80. The predicted octanol–water partition coefficient (Wildman–Crippen LogP) is 2.13. The van der Waals surface area contributed by atoms with Gasteiger partial charge in [-0.2, -0.15) is 5.10 Å². The highest BCUT2D eigenvalue weighted by molar-refractivity contribution is 5.92. The largest absolute Gasteiger partial charge is 0.494 e. The van der Waals surface area contributed by atoms with Crippen LogP contribution in [-0.2, 0) is 6.54 Å². The van der Waals surface area contributed by atoms with Crippen molar-refractivity contribution in [3.63, 3.8) is 0 Å². The second-order valence-electron chi connectivity index (χ2n) is 7.46. The Morgan fingerprint density at radius 3 is 2.50 bits per heavy atom. The Kier molecular flexibility index (Phi) is 6.74. The third-order valence-electron chi connectivity index (χ3n) is 5.25. The van der Waals surface area contributed by atoms with Crippen molar-refractivity contribution in [2.75, 3.05) is 31.1 Å². The molecular formula is C23H26N6O3. The summed E-state index contributed by atoms with van der Waals surface area (Å²) in [6.45, 7) is 4.96. The van der Waals surface area contributed by atoms with Crippen LogP contribution in [0.4, 0.5) is 5.82 Å². The molecule has 0 aliphatic carbocycles. The Bertz CT molecular complexity index is 1110. The summed E-state index contributed by atoms with van der Waals surface area (Å²) in [6.07, 6.45) is 2.30. The van der Waals surface area contributed by atoms with Gasteiger partial charge in [0.2, 0.25) is 0 Å². The van der Waals surface area contributed by atoms with Crippen molar-refractivity contribution in [1.29, 1.82) is 0 Å². The molecule has 1 saturated heterocycles. The van der Waals surface area contributed by atoms with E-state index in [9.17, 15) is 9.59 Å². The van der Waals surface area contributed by atoms with Gasteiger partial charge in [-0.25, -0.2) is 4.68 Å². The first-order valence-electron chi connectivity index (χ1n) is 10.8. The van der Waals surface area contributed by atoms with Crippen LogP contribution in [0, 0.1) is 0 Å². The summed E-state index contributed by atoms with van der Waals surface area (Å²) in [4.78, 5) is 26.7. The van der Waals surface area contributed by atoms with E-state index in [0.29, 0.717) is 12.3 Å². The molecule has 0 spiro atoms. The molecule has 1 aliphatic rings. The van der Waals surface area contributed by atoms with Gasteiger partial charge < -0.3 is 15.0 Å². The number of carbonyl (C=O) groups is 1. The van der Waals surface area contributed by atoms with Crippen molar-refractivity contribution >= 4 is 11.7 Å². The molecule has 9 heteroatoms. The van der Waals surface area contributed by atoms with Crippen LogP contribution in [0.15, 0.2) is 53.3 Å². The minimum absolute atomic E-state index is 0.233. The summed E-state index contributed by atoms with van der Waals surface area (Å²) in [6, 6.07) is 14.2. The molecule has 1 aliphatic heterocycles. The second kappa shape index (κ2) is 10.0. The number of amides is 1. The lowest BCUT2D eigenvalue weighted by Crippen LogP contribution is -2.32. The van der Waals surface area contributed by atoms with E-state index >= 15 is 0 Å². The van der Waals surface area contributed by atoms with Gasteiger partial charge >= 0.3 is 0 Å². The first-order valence-corrected chi connectivity index (χ1v) is 10.8. The summed E-state index contributed by atoms with van der Waals surface area (Å²) in [7, 11) is 0. The smallest absolute Gasteiger partial charge is 0.271 e. The molecule has 1 aromatic carbocycles. The van der Waals surface area contributed by atoms with Gasteiger partial charge in [0.05, 0.1) is 18.8 Å². The molecule has 4 rings (SSSR count). The molecule has 3 heterocycles. The molecule has 32 heavy (non-hydrogen) atoms. The number of aromatic nitrogens is 4. The number of rotatable bonds is 8. The zero-order valence-corrected chi connectivity index (χ0v) is 18.0. The number of ether oxygens (including phenoxy) is 1. The first-order chi connectivity index (χ1) is 15.6. The SMILES string of the molecule is CCOc1ccc(-c2ccc(=O)n(CCNC(=O)c3ccc(N4CCCC4)nn3)n2)cc1. The van der Waals surface area contributed by atoms with E-state index in [2.05, 4.69) is 25.5 Å². The maximum absolute atomic E-state index is 12.4. The lowest BCUT2D eigenvalue weighted by atomic mass is 10.1. The van der Waals surface area contributed by atoms with Gasteiger partial charge in [-0.05, 0) is 62.2 Å². The summed E-state index contributed by atoms with van der Waals surface area (Å²) >= 11 is 0. The van der Waals surface area contributed by atoms with E-state index < -0.39 is 0 Å². The Balaban J connectivity index is 1.35. The van der Waals surface area contributed by atoms with Crippen LogP contribution in [0.25, 0.3) is 11.3 Å². The molecule has 0 bridgehead atoms. The van der Waals surface area contributed by atoms with Crippen molar-refractivity contribution in [3.8, 4) is 17.0 Å². The van der Waals surface area contributed by atoms with Gasteiger partial charge in [0.15, 0.2) is 11.5 Å². The fourth-order valence-corrected chi connectivity index (χ4v) is 3.58. The topological polar surface area (TPSA) is 102 Å². The summed E-state index contributed by atoms with van der Waals surface area (Å²) in [5.41, 5.74) is 1.56. The van der Waals surface area contributed by atoms with Gasteiger partial charge in [0.25, 0.3) is 11.5 Å². The van der Waals surface area contributed by atoms with Crippen LogP contribution in [-0.4, -0.2) is 52.1 Å². The highest BCUT2D eigenvalue weighted by Crippen LogP contribution is 2.20. The third kappa shape index (κ3) is 5.11. The van der Waals surface area contributed by atoms with Crippen LogP contribution >= 0.6 is 0 Å². The molecule has 9 nitrogen and oxygen atoms in total. The molecule has 3 aromatic rings. The lowest BCUT2D eigenvalue weighted by Gasteiger charge is -2.15. The molecule has 0 saturated carbocycles. The van der Waals surface area contributed by atoms with Crippen molar-refractivity contribution in [2.24, 2.45) is 0 Å². The van der Waals surface area contributed by atoms with Gasteiger partial charge in [0, 0.05) is 31.3 Å². The Hall–Kier alpha value is -3.75. The number of nitrogens with zero attached hydrogens (tertiary/aromatic N) is 5. The molecule has 0 atom stereocenters. The van der Waals surface area contributed by atoms with Gasteiger partial charge in [-0.15, -0.1) is 10.2 Å². The number of hydrogen-bond acceptors (Lipinski definition) is 7. The number of hydrogen-bond donors (Lipinski definition) is 1. The van der Waals surface area contributed by atoms with Gasteiger partial charge in [-0.1, -0.05) is 0 Å². The zero-order valence-electron chi connectivity index (χ0n) is 18.0. The molecule has 1 amide bonds. The van der Waals surface area contributed by atoms with Gasteiger partial charge in [-0.3, -0.25) is 9.59 Å². The number of carbonyl (C=O) groups excluding carboxylic acids is 1. The summed E-state index contributed by atoms with van der Waals surface area (Å²) in [5.74, 6) is 1.24. The monoisotopic (exact) mass is 434 g/mol. The fraction of sp³-hybridized carbons (Fsp3) is 0.348. The highest BCUT2D eigenvalue weighted by Gasteiger charge is 2.15. The quantitative estimate of drug-likeness (QED) is 0.579. The van der Waals surface area contributed by atoms with Crippen LogP contribution in [0.1, 0.15) is 30.3 Å². The van der Waals surface area contributed by atoms with Crippen LogP contribution in [0.3, 0.4) is 0 Å². The van der Waals surface area contributed by atoms with Crippen molar-refractivity contribution in [2.45, 2.75) is 26.3 Å². The normalized spacial score (nSPS) is 13.2. The third-order valence-corrected chi connectivity index (χ3v) is 5.25. The number of benzene rings is 1. The van der Waals surface area contributed by atoms with Crippen molar-refractivity contribution in [1.82, 2.24) is 25.3 Å². The van der Waals surface area contributed by atoms with Gasteiger partial charge in [0.1, 0.15) is 5.75 Å². The molecule has 2 aromatic heterocycles. The van der Waals surface area contributed by atoms with E-state index in [-0.39, 0.29) is 30.2 Å². The van der Waals surface area contributed by atoms with E-state index in [0.717, 1.165) is 43.1 Å². The Morgan fingerprint density at radius 1 is 1.03 bits per heavy atom. The lowest BCUT2D eigenvalue weighted by molar-refractivity contribution is 0.0945. The average molecular weight is 435 g/mol. The first kappa shape index (κ1) is 21.5. The number of anilines is 1. The fourth-order valence-electron chi connectivity index (χ4n) is 3.58. The molecule has 0 radical (unpaired) electrons. The second-order valence-corrected chi connectivity index (χ2v) is 7.46. The van der Waals surface area contributed by atoms with Crippen molar-refractivity contribution < 1.29 is 9.53 Å². The minimum Gasteiger partial charge on any atom is -0.494 e. The Morgan fingerprint density at radius 2 is 1.81 bits per heavy atom. The molecule has 1 fully saturated rings. The Labute approximate surface area is 186 Å². The highest BCUT2D eigenvalue weighted by atomic mass is 16.5. The van der Waals surface area contributed by atoms with Crippen LogP contribution in [0.5, 0.6) is 5.75 Å². The molecule has 0 unspecified atom stereocenters. The maximum Gasteiger partial charge on any atom is 0.271 e. The maximum atomic E-state index is 12.4. The van der Waals surface area contributed by atoms with E-state index in [1.165, 1.54) is 10.7 Å². The predicted molar refractivity (Wildman–Crippen MR) is 121 cm³/mol. The molecular weight excluding hydrogens is 408 g/mol. The number of nitrogens with one attached hydrogen (secondary N) is 1. The van der Waals surface area contributed by atoms with Crippen LogP contribution in [0.2, 0.25) is 0 Å². The molecule has 166 valence electrons. The van der Waals surface area contributed by atoms with Crippen LogP contribution < -0.4 is 20.5 Å². The summed E-state index contributed by atoms with van der Waals surface area (Å²) in [5, 5.41) is 15.4.